The maximum atomic E-state index is 12.4. The number of halogens is 3. The molecule has 0 saturated heterocycles. The van der Waals surface area contributed by atoms with Crippen molar-refractivity contribution in [3.8, 4) is 5.75 Å². The summed E-state index contributed by atoms with van der Waals surface area (Å²) < 4.78 is 41.3. The third kappa shape index (κ3) is 5.05. The molecule has 2 aromatic rings. The summed E-state index contributed by atoms with van der Waals surface area (Å²) in [7, 11) is 0. The predicted molar refractivity (Wildman–Crippen MR) is 103 cm³/mol. The van der Waals surface area contributed by atoms with Crippen molar-refractivity contribution < 1.29 is 17.9 Å². The minimum atomic E-state index is -4.68. The number of fused-ring (bicyclic) bond motifs is 1. The monoisotopic (exact) mass is 394 g/mol. The fraction of sp³-hybridized carbons (Fsp3) is 0.500. The lowest BCUT2D eigenvalue weighted by molar-refractivity contribution is -0.274. The lowest BCUT2D eigenvalue weighted by atomic mass is 9.99. The van der Waals surface area contributed by atoms with Crippen LogP contribution in [0.3, 0.4) is 0 Å². The first kappa shape index (κ1) is 20.2. The standard InChI is InChI=1S/C20H25F3N4O/c1-12(2)17-10-18(26-19(25-17)24-13(3)4)27-8-7-14-9-16(28-20(21,22)23)6-5-15(14)11-27/h5-6,9-10,12-13H,7-8,11H2,1-4H3,(H,24,25,26). The van der Waals surface area contributed by atoms with E-state index in [-0.39, 0.29) is 17.7 Å². The molecule has 1 aromatic heterocycles. The van der Waals surface area contributed by atoms with Gasteiger partial charge in [-0.05, 0) is 49.4 Å². The van der Waals surface area contributed by atoms with Gasteiger partial charge in [0.2, 0.25) is 5.95 Å². The molecule has 0 atom stereocenters. The molecule has 1 aromatic carbocycles. The van der Waals surface area contributed by atoms with E-state index in [4.69, 9.17) is 0 Å². The van der Waals surface area contributed by atoms with Crippen molar-refractivity contribution in [2.75, 3.05) is 16.8 Å². The van der Waals surface area contributed by atoms with Crippen molar-refractivity contribution in [3.05, 3.63) is 41.1 Å². The van der Waals surface area contributed by atoms with Gasteiger partial charge in [0.25, 0.3) is 0 Å². The van der Waals surface area contributed by atoms with Crippen LogP contribution in [-0.4, -0.2) is 28.9 Å². The molecule has 152 valence electrons. The molecule has 1 N–H and O–H groups in total. The normalized spacial score (nSPS) is 14.4. The Morgan fingerprint density at radius 3 is 2.46 bits per heavy atom. The Balaban J connectivity index is 1.84. The molecule has 0 radical (unpaired) electrons. The van der Waals surface area contributed by atoms with Gasteiger partial charge < -0.3 is 15.0 Å². The van der Waals surface area contributed by atoms with Crippen molar-refractivity contribution in [1.82, 2.24) is 9.97 Å². The highest BCUT2D eigenvalue weighted by Crippen LogP contribution is 2.30. The molecule has 0 saturated carbocycles. The van der Waals surface area contributed by atoms with E-state index in [2.05, 4.69) is 38.8 Å². The molecule has 2 heterocycles. The third-order valence-corrected chi connectivity index (χ3v) is 4.49. The maximum absolute atomic E-state index is 12.4. The van der Waals surface area contributed by atoms with E-state index in [1.807, 2.05) is 19.9 Å². The summed E-state index contributed by atoms with van der Waals surface area (Å²) in [6.07, 6.45) is -4.05. The average molecular weight is 394 g/mol. The molecule has 0 unspecified atom stereocenters. The van der Waals surface area contributed by atoms with Gasteiger partial charge in [-0.3, -0.25) is 0 Å². The van der Waals surface area contributed by atoms with Gasteiger partial charge in [-0.25, -0.2) is 4.98 Å². The molecule has 28 heavy (non-hydrogen) atoms. The lowest BCUT2D eigenvalue weighted by Gasteiger charge is -2.31. The highest BCUT2D eigenvalue weighted by molar-refractivity contribution is 5.49. The molecule has 3 rings (SSSR count). The lowest BCUT2D eigenvalue weighted by Crippen LogP contribution is -2.31. The summed E-state index contributed by atoms with van der Waals surface area (Å²) in [4.78, 5) is 11.4. The van der Waals surface area contributed by atoms with Crippen LogP contribution in [0, 0.1) is 0 Å². The molecular formula is C20H25F3N4O. The summed E-state index contributed by atoms with van der Waals surface area (Å²) in [6.45, 7) is 9.47. The van der Waals surface area contributed by atoms with Gasteiger partial charge in [0.15, 0.2) is 0 Å². The number of anilines is 2. The van der Waals surface area contributed by atoms with E-state index < -0.39 is 6.36 Å². The molecular weight excluding hydrogens is 369 g/mol. The van der Waals surface area contributed by atoms with E-state index in [1.54, 1.807) is 6.07 Å². The van der Waals surface area contributed by atoms with Crippen LogP contribution < -0.4 is 15.0 Å². The van der Waals surface area contributed by atoms with Crippen LogP contribution in [0.15, 0.2) is 24.3 Å². The Kier molecular flexibility index (Phi) is 5.67. The van der Waals surface area contributed by atoms with Crippen LogP contribution >= 0.6 is 0 Å². The Morgan fingerprint density at radius 2 is 1.82 bits per heavy atom. The molecule has 8 heteroatoms. The molecule has 1 aliphatic rings. The van der Waals surface area contributed by atoms with Gasteiger partial charge in [0, 0.05) is 25.2 Å². The van der Waals surface area contributed by atoms with E-state index in [0.29, 0.717) is 25.5 Å². The van der Waals surface area contributed by atoms with Gasteiger partial charge in [-0.1, -0.05) is 19.9 Å². The van der Waals surface area contributed by atoms with Crippen LogP contribution in [0.4, 0.5) is 24.9 Å². The van der Waals surface area contributed by atoms with Gasteiger partial charge in [-0.15, -0.1) is 13.2 Å². The zero-order valence-corrected chi connectivity index (χ0v) is 16.5. The average Bonchev–Trinajstić information content (AvgIpc) is 2.59. The van der Waals surface area contributed by atoms with Crippen LogP contribution in [0.2, 0.25) is 0 Å². The van der Waals surface area contributed by atoms with E-state index in [0.717, 1.165) is 22.6 Å². The van der Waals surface area contributed by atoms with Crippen LogP contribution in [0.1, 0.15) is 50.4 Å². The van der Waals surface area contributed by atoms with E-state index >= 15 is 0 Å². The van der Waals surface area contributed by atoms with Crippen molar-refractivity contribution in [2.45, 2.75) is 59.0 Å². The fourth-order valence-corrected chi connectivity index (χ4v) is 3.16. The number of hydrogen-bond donors (Lipinski definition) is 1. The number of nitrogens with one attached hydrogen (secondary N) is 1. The quantitative estimate of drug-likeness (QED) is 0.783. The number of rotatable bonds is 5. The number of benzene rings is 1. The summed E-state index contributed by atoms with van der Waals surface area (Å²) in [5.74, 6) is 1.50. The molecule has 0 fully saturated rings. The molecule has 1 aliphatic heterocycles. The van der Waals surface area contributed by atoms with Gasteiger partial charge in [-0.2, -0.15) is 4.98 Å². The van der Waals surface area contributed by atoms with Crippen LogP contribution in [-0.2, 0) is 13.0 Å². The first-order valence-corrected chi connectivity index (χ1v) is 9.38. The highest BCUT2D eigenvalue weighted by Gasteiger charge is 2.31. The van der Waals surface area contributed by atoms with Crippen molar-refractivity contribution in [3.63, 3.8) is 0 Å². The Hall–Kier alpha value is -2.51. The number of ether oxygens (including phenoxy) is 1. The second-order valence-electron chi connectivity index (χ2n) is 7.58. The zero-order valence-electron chi connectivity index (χ0n) is 16.5. The summed E-state index contributed by atoms with van der Waals surface area (Å²) in [5.41, 5.74) is 2.80. The van der Waals surface area contributed by atoms with Gasteiger partial charge in [0.1, 0.15) is 11.6 Å². The maximum Gasteiger partial charge on any atom is 0.573 e. The largest absolute Gasteiger partial charge is 0.573 e. The van der Waals surface area contributed by atoms with Gasteiger partial charge >= 0.3 is 6.36 Å². The van der Waals surface area contributed by atoms with Crippen LogP contribution in [0.25, 0.3) is 0 Å². The SMILES string of the molecule is CC(C)Nc1nc(C(C)C)cc(N2CCc3cc(OC(F)(F)F)ccc3C2)n1. The Labute approximate surface area is 162 Å². The first-order valence-electron chi connectivity index (χ1n) is 9.38. The predicted octanol–water partition coefficient (Wildman–Crippen LogP) is 4.88. The summed E-state index contributed by atoms with van der Waals surface area (Å²) >= 11 is 0. The minimum Gasteiger partial charge on any atom is -0.406 e. The van der Waals surface area contributed by atoms with Crippen molar-refractivity contribution >= 4 is 11.8 Å². The topological polar surface area (TPSA) is 50.3 Å². The molecule has 0 aliphatic carbocycles. The Bertz CT molecular complexity index is 837. The fourth-order valence-electron chi connectivity index (χ4n) is 3.16. The number of nitrogens with zero attached hydrogens (tertiary/aromatic N) is 3. The second kappa shape index (κ2) is 7.85. The van der Waals surface area contributed by atoms with E-state index in [9.17, 15) is 13.2 Å². The Morgan fingerprint density at radius 1 is 1.07 bits per heavy atom. The minimum absolute atomic E-state index is 0.174. The first-order chi connectivity index (χ1) is 13.1. The van der Waals surface area contributed by atoms with Crippen molar-refractivity contribution in [1.29, 1.82) is 0 Å². The van der Waals surface area contributed by atoms with Gasteiger partial charge in [0.05, 0.1) is 5.69 Å². The number of aromatic nitrogens is 2. The number of alkyl halides is 3. The van der Waals surface area contributed by atoms with Crippen LogP contribution in [0.5, 0.6) is 5.75 Å². The smallest absolute Gasteiger partial charge is 0.406 e. The zero-order chi connectivity index (χ0) is 20.5. The molecule has 0 spiro atoms. The molecule has 0 amide bonds. The summed E-state index contributed by atoms with van der Waals surface area (Å²) in [5, 5.41) is 3.26. The van der Waals surface area contributed by atoms with E-state index in [1.165, 1.54) is 12.1 Å². The summed E-state index contributed by atoms with van der Waals surface area (Å²) in [6, 6.07) is 6.74. The molecule has 0 bridgehead atoms. The highest BCUT2D eigenvalue weighted by atomic mass is 19.4. The molecule has 5 nitrogen and oxygen atoms in total. The number of hydrogen-bond acceptors (Lipinski definition) is 5. The van der Waals surface area contributed by atoms with Crippen molar-refractivity contribution in [2.24, 2.45) is 0 Å². The third-order valence-electron chi connectivity index (χ3n) is 4.49. The second-order valence-corrected chi connectivity index (χ2v) is 7.58.